The van der Waals surface area contributed by atoms with E-state index in [1.165, 1.54) is 0 Å². The van der Waals surface area contributed by atoms with Crippen LogP contribution in [0.2, 0.25) is 5.02 Å². The molecule has 112 valence electrons. The Labute approximate surface area is 129 Å². The van der Waals surface area contributed by atoms with Crippen LogP contribution in [0.3, 0.4) is 0 Å². The van der Waals surface area contributed by atoms with Crippen LogP contribution in [0.5, 0.6) is 0 Å². The zero-order valence-corrected chi connectivity index (χ0v) is 12.8. The fourth-order valence-electron chi connectivity index (χ4n) is 1.92. The number of hydrogen-bond donors (Lipinski definition) is 1. The number of rotatable bonds is 7. The van der Waals surface area contributed by atoms with Crippen LogP contribution in [0.15, 0.2) is 30.3 Å². The van der Waals surface area contributed by atoms with Crippen LogP contribution in [0.25, 0.3) is 10.9 Å². The summed E-state index contributed by atoms with van der Waals surface area (Å²) in [6.45, 7) is 3.81. The standard InChI is InChI=1S/C16H19ClN2O2/c1-2-3-9-21-10-8-18-16(20)15-11-13(17)12-6-4-5-7-14(12)19-15/h4-7,11H,2-3,8-10H2,1H3,(H,18,20). The summed E-state index contributed by atoms with van der Waals surface area (Å²) in [4.78, 5) is 16.4. The number of carbonyl (C=O) groups excluding carboxylic acids is 1. The second kappa shape index (κ2) is 7.96. The Morgan fingerprint density at radius 3 is 2.95 bits per heavy atom. The predicted octanol–water partition coefficient (Wildman–Crippen LogP) is 3.43. The summed E-state index contributed by atoms with van der Waals surface area (Å²) in [5.74, 6) is -0.234. The Kier molecular flexibility index (Phi) is 5.96. The van der Waals surface area contributed by atoms with Crippen LogP contribution in [-0.2, 0) is 4.74 Å². The molecule has 1 heterocycles. The third-order valence-corrected chi connectivity index (χ3v) is 3.39. The summed E-state index contributed by atoms with van der Waals surface area (Å²) in [5.41, 5.74) is 1.04. The van der Waals surface area contributed by atoms with Gasteiger partial charge >= 0.3 is 0 Å². The Morgan fingerprint density at radius 1 is 1.33 bits per heavy atom. The molecule has 0 fully saturated rings. The second-order valence-electron chi connectivity index (χ2n) is 4.73. The van der Waals surface area contributed by atoms with Crippen molar-refractivity contribution in [3.05, 3.63) is 41.0 Å². The number of nitrogens with zero attached hydrogens (tertiary/aromatic N) is 1. The van der Waals surface area contributed by atoms with E-state index >= 15 is 0 Å². The number of hydrogen-bond acceptors (Lipinski definition) is 3. The number of benzene rings is 1. The van der Waals surface area contributed by atoms with Crippen LogP contribution in [-0.4, -0.2) is 30.6 Å². The van der Waals surface area contributed by atoms with Crippen LogP contribution in [0, 0.1) is 0 Å². The van der Waals surface area contributed by atoms with Crippen LogP contribution in [0.4, 0.5) is 0 Å². The summed E-state index contributed by atoms with van der Waals surface area (Å²) >= 11 is 6.18. The first-order valence-corrected chi connectivity index (χ1v) is 7.51. The van der Waals surface area contributed by atoms with Crippen LogP contribution in [0.1, 0.15) is 30.3 Å². The van der Waals surface area contributed by atoms with Gasteiger partial charge in [-0.2, -0.15) is 0 Å². The lowest BCUT2D eigenvalue weighted by molar-refractivity contribution is 0.0908. The molecule has 0 saturated heterocycles. The average molecular weight is 307 g/mol. The molecule has 0 unspecified atom stereocenters. The Hall–Kier alpha value is -1.65. The molecule has 1 aromatic heterocycles. The number of pyridine rings is 1. The maximum atomic E-state index is 12.0. The van der Waals surface area contributed by atoms with Gasteiger partial charge in [0.05, 0.1) is 17.1 Å². The molecule has 5 heteroatoms. The molecule has 1 aromatic carbocycles. The monoisotopic (exact) mass is 306 g/mol. The van der Waals surface area contributed by atoms with Crippen LogP contribution >= 0.6 is 11.6 Å². The molecule has 1 amide bonds. The summed E-state index contributed by atoms with van der Waals surface area (Å²) in [6, 6.07) is 9.08. The Balaban J connectivity index is 1.93. The molecular weight excluding hydrogens is 288 g/mol. The molecule has 0 aliphatic rings. The first kappa shape index (κ1) is 15.7. The summed E-state index contributed by atoms with van der Waals surface area (Å²) in [7, 11) is 0. The molecule has 2 rings (SSSR count). The summed E-state index contributed by atoms with van der Waals surface area (Å²) < 4.78 is 5.39. The molecule has 0 spiro atoms. The van der Waals surface area contributed by atoms with E-state index in [1.807, 2.05) is 24.3 Å². The highest BCUT2D eigenvalue weighted by Crippen LogP contribution is 2.22. The quantitative estimate of drug-likeness (QED) is 0.797. The van der Waals surface area contributed by atoms with Crippen molar-refractivity contribution in [1.29, 1.82) is 0 Å². The Bertz CT molecular complexity index is 616. The number of fused-ring (bicyclic) bond motifs is 1. The largest absolute Gasteiger partial charge is 0.380 e. The fourth-order valence-corrected chi connectivity index (χ4v) is 2.19. The van der Waals surface area contributed by atoms with E-state index in [0.29, 0.717) is 29.4 Å². The second-order valence-corrected chi connectivity index (χ2v) is 5.14. The van der Waals surface area contributed by atoms with Gasteiger partial charge in [0.2, 0.25) is 0 Å². The number of para-hydroxylation sites is 1. The van der Waals surface area contributed by atoms with Gasteiger partial charge in [-0.25, -0.2) is 4.98 Å². The zero-order valence-electron chi connectivity index (χ0n) is 12.1. The van der Waals surface area contributed by atoms with Crippen molar-refractivity contribution in [2.45, 2.75) is 19.8 Å². The smallest absolute Gasteiger partial charge is 0.270 e. The minimum atomic E-state index is -0.234. The van der Waals surface area contributed by atoms with Crippen molar-refractivity contribution in [2.24, 2.45) is 0 Å². The van der Waals surface area contributed by atoms with E-state index < -0.39 is 0 Å². The molecule has 2 aromatic rings. The van der Waals surface area contributed by atoms with Crippen molar-refractivity contribution in [3.8, 4) is 0 Å². The lowest BCUT2D eigenvalue weighted by atomic mass is 10.2. The average Bonchev–Trinajstić information content (AvgIpc) is 2.50. The highest BCUT2D eigenvalue weighted by molar-refractivity contribution is 6.35. The van der Waals surface area contributed by atoms with Gasteiger partial charge in [-0.05, 0) is 18.6 Å². The third kappa shape index (κ3) is 4.41. The highest BCUT2D eigenvalue weighted by Gasteiger charge is 2.10. The minimum absolute atomic E-state index is 0.234. The van der Waals surface area contributed by atoms with E-state index in [1.54, 1.807) is 6.07 Å². The Morgan fingerprint density at radius 2 is 2.14 bits per heavy atom. The molecule has 4 nitrogen and oxygen atoms in total. The number of amides is 1. The molecular formula is C16H19ClN2O2. The van der Waals surface area contributed by atoms with Crippen molar-refractivity contribution in [3.63, 3.8) is 0 Å². The molecule has 0 aliphatic carbocycles. The number of halogens is 1. The van der Waals surface area contributed by atoms with Gasteiger partial charge in [0.25, 0.3) is 5.91 Å². The summed E-state index contributed by atoms with van der Waals surface area (Å²) in [5, 5.41) is 4.16. The highest BCUT2D eigenvalue weighted by atomic mass is 35.5. The van der Waals surface area contributed by atoms with Crippen LogP contribution < -0.4 is 5.32 Å². The van der Waals surface area contributed by atoms with Gasteiger partial charge in [-0.1, -0.05) is 43.1 Å². The molecule has 0 radical (unpaired) electrons. The number of ether oxygens (including phenoxy) is 1. The normalized spacial score (nSPS) is 10.8. The van der Waals surface area contributed by atoms with E-state index in [0.717, 1.165) is 24.8 Å². The SMILES string of the molecule is CCCCOCCNC(=O)c1cc(Cl)c2ccccc2n1. The minimum Gasteiger partial charge on any atom is -0.380 e. The maximum Gasteiger partial charge on any atom is 0.270 e. The molecule has 0 atom stereocenters. The summed E-state index contributed by atoms with van der Waals surface area (Å²) in [6.07, 6.45) is 2.14. The lowest BCUT2D eigenvalue weighted by Gasteiger charge is -2.07. The predicted molar refractivity (Wildman–Crippen MR) is 84.8 cm³/mol. The van der Waals surface area contributed by atoms with Gasteiger partial charge < -0.3 is 10.1 Å². The molecule has 1 N–H and O–H groups in total. The van der Waals surface area contributed by atoms with Crippen molar-refractivity contribution < 1.29 is 9.53 Å². The maximum absolute atomic E-state index is 12.0. The van der Waals surface area contributed by atoms with E-state index in [-0.39, 0.29) is 5.91 Å². The number of unbranched alkanes of at least 4 members (excludes halogenated alkanes) is 1. The van der Waals surface area contributed by atoms with Gasteiger partial charge in [0, 0.05) is 18.5 Å². The van der Waals surface area contributed by atoms with Gasteiger partial charge in [-0.3, -0.25) is 4.79 Å². The molecule has 0 aliphatic heterocycles. The molecule has 0 bridgehead atoms. The van der Waals surface area contributed by atoms with E-state index in [4.69, 9.17) is 16.3 Å². The number of carbonyl (C=O) groups is 1. The van der Waals surface area contributed by atoms with Gasteiger partial charge in [0.1, 0.15) is 5.69 Å². The lowest BCUT2D eigenvalue weighted by Crippen LogP contribution is -2.28. The van der Waals surface area contributed by atoms with Gasteiger partial charge in [-0.15, -0.1) is 0 Å². The number of aromatic nitrogens is 1. The third-order valence-electron chi connectivity index (χ3n) is 3.07. The van der Waals surface area contributed by atoms with E-state index in [9.17, 15) is 4.79 Å². The zero-order chi connectivity index (χ0) is 15.1. The van der Waals surface area contributed by atoms with E-state index in [2.05, 4.69) is 17.2 Å². The number of nitrogens with one attached hydrogen (secondary N) is 1. The van der Waals surface area contributed by atoms with Crippen molar-refractivity contribution in [2.75, 3.05) is 19.8 Å². The van der Waals surface area contributed by atoms with Crippen molar-refractivity contribution in [1.82, 2.24) is 10.3 Å². The van der Waals surface area contributed by atoms with Crippen molar-refractivity contribution >= 4 is 28.4 Å². The molecule has 0 saturated carbocycles. The topological polar surface area (TPSA) is 51.2 Å². The first-order chi connectivity index (χ1) is 10.2. The fraction of sp³-hybridized carbons (Fsp3) is 0.375. The van der Waals surface area contributed by atoms with Gasteiger partial charge in [0.15, 0.2) is 0 Å². The molecule has 21 heavy (non-hydrogen) atoms. The first-order valence-electron chi connectivity index (χ1n) is 7.13.